The molecular weight excluding hydrogens is 510 g/mol. The molecule has 6 aliphatic rings. The fraction of sp³-hybridized carbons (Fsp3) is 0.852. The van der Waals surface area contributed by atoms with Crippen molar-refractivity contribution in [3.63, 3.8) is 0 Å². The Hall–Kier alpha value is -2.34. The molecule has 2 atom stereocenters. The molecule has 1 spiro atoms. The van der Waals surface area contributed by atoms with Crippen LogP contribution < -0.4 is 16.4 Å². The van der Waals surface area contributed by atoms with Crippen molar-refractivity contribution < 1.29 is 28.0 Å². The van der Waals surface area contributed by atoms with Crippen LogP contribution in [0.2, 0.25) is 0 Å². The van der Waals surface area contributed by atoms with Gasteiger partial charge in [0.05, 0.1) is 18.0 Å². The van der Waals surface area contributed by atoms with Crippen molar-refractivity contribution in [1.29, 1.82) is 0 Å². The smallest absolute Gasteiger partial charge is 0.248 e. The molecule has 1 aliphatic carbocycles. The van der Waals surface area contributed by atoms with Gasteiger partial charge in [0, 0.05) is 57.5 Å². The van der Waals surface area contributed by atoms with E-state index in [2.05, 4.69) is 20.4 Å². The zero-order valence-corrected chi connectivity index (χ0v) is 22.6. The Bertz CT molecular complexity index is 954. The number of piperidine rings is 2. The number of nitrogens with two attached hydrogens (primary N) is 1. The van der Waals surface area contributed by atoms with Gasteiger partial charge in [0.25, 0.3) is 0 Å². The molecule has 0 aromatic carbocycles. The van der Waals surface area contributed by atoms with Crippen LogP contribution in [0.5, 0.6) is 0 Å². The van der Waals surface area contributed by atoms with Gasteiger partial charge < -0.3 is 26.2 Å². The lowest BCUT2D eigenvalue weighted by Crippen LogP contribution is -2.62. The van der Waals surface area contributed by atoms with Gasteiger partial charge in [0.15, 0.2) is 0 Å². The normalized spacial score (nSPS) is 31.8. The number of amides is 4. The topological polar surface area (TPSA) is 128 Å². The predicted octanol–water partition coefficient (Wildman–Crippen LogP) is 0.734. The molecule has 10 nitrogen and oxygen atoms in total. The zero-order valence-electron chi connectivity index (χ0n) is 22.6. The molecule has 39 heavy (non-hydrogen) atoms. The number of likely N-dealkylation sites (tertiary alicyclic amines) is 1. The van der Waals surface area contributed by atoms with E-state index in [0.717, 1.165) is 32.2 Å². The summed E-state index contributed by atoms with van der Waals surface area (Å²) < 4.78 is 27.4. The van der Waals surface area contributed by atoms with Gasteiger partial charge in [-0.25, -0.2) is 8.78 Å². The molecule has 2 bridgehead atoms. The van der Waals surface area contributed by atoms with Crippen molar-refractivity contribution in [3.8, 4) is 0 Å². The molecular formula is C27H42F2N6O4. The van der Waals surface area contributed by atoms with Crippen molar-refractivity contribution in [3.05, 3.63) is 0 Å². The number of alkyl halides is 2. The van der Waals surface area contributed by atoms with Gasteiger partial charge in [-0.05, 0) is 57.9 Å². The van der Waals surface area contributed by atoms with Crippen LogP contribution in [0.3, 0.4) is 0 Å². The summed E-state index contributed by atoms with van der Waals surface area (Å²) in [4.78, 5) is 58.4. The molecule has 0 radical (unpaired) electrons. The largest absolute Gasteiger partial charge is 0.368 e. The lowest BCUT2D eigenvalue weighted by molar-refractivity contribution is -0.136. The monoisotopic (exact) mass is 552 g/mol. The van der Waals surface area contributed by atoms with Crippen molar-refractivity contribution in [2.75, 3.05) is 32.7 Å². The van der Waals surface area contributed by atoms with Crippen LogP contribution in [0.4, 0.5) is 8.78 Å². The first-order valence-electron chi connectivity index (χ1n) is 14.6. The highest BCUT2D eigenvalue weighted by atomic mass is 19.3. The van der Waals surface area contributed by atoms with Crippen molar-refractivity contribution in [2.24, 2.45) is 5.73 Å². The maximum Gasteiger partial charge on any atom is 0.248 e. The number of carbonyl (C=O) groups excluding carboxylic acids is 4. The maximum atomic E-state index is 13.7. The summed E-state index contributed by atoms with van der Waals surface area (Å²) in [6, 6.07) is -1.12. The number of carbonyl (C=O) groups is 4. The second kappa shape index (κ2) is 11.3. The number of nitrogens with one attached hydrogen (secondary N) is 2. The van der Waals surface area contributed by atoms with Crippen LogP contribution in [0.25, 0.3) is 0 Å². The van der Waals surface area contributed by atoms with E-state index in [1.807, 2.05) is 0 Å². The Morgan fingerprint density at radius 3 is 2.18 bits per heavy atom. The molecule has 218 valence electrons. The molecule has 6 rings (SSSR count). The minimum Gasteiger partial charge on any atom is -0.368 e. The second-order valence-electron chi connectivity index (χ2n) is 12.3. The Morgan fingerprint density at radius 1 is 0.872 bits per heavy atom. The van der Waals surface area contributed by atoms with Gasteiger partial charge in [-0.1, -0.05) is 0 Å². The highest BCUT2D eigenvalue weighted by Crippen LogP contribution is 2.37. The van der Waals surface area contributed by atoms with Gasteiger partial charge in [-0.3, -0.25) is 24.1 Å². The van der Waals surface area contributed by atoms with Crippen LogP contribution >= 0.6 is 0 Å². The maximum absolute atomic E-state index is 13.7. The first kappa shape index (κ1) is 28.2. The van der Waals surface area contributed by atoms with Crippen LogP contribution in [-0.4, -0.2) is 107 Å². The Labute approximate surface area is 228 Å². The first-order chi connectivity index (χ1) is 18.5. The van der Waals surface area contributed by atoms with Gasteiger partial charge in [0.2, 0.25) is 29.6 Å². The molecule has 4 N–H and O–H groups in total. The Balaban J connectivity index is 1.35. The first-order valence-corrected chi connectivity index (χ1v) is 14.6. The molecule has 5 heterocycles. The summed E-state index contributed by atoms with van der Waals surface area (Å²) in [5.74, 6) is -4.08. The van der Waals surface area contributed by atoms with E-state index in [9.17, 15) is 28.0 Å². The third-order valence-electron chi connectivity index (χ3n) is 9.79. The second-order valence-corrected chi connectivity index (χ2v) is 12.3. The summed E-state index contributed by atoms with van der Waals surface area (Å²) in [6.07, 6.45) is 4.63. The van der Waals surface area contributed by atoms with Crippen molar-refractivity contribution in [2.45, 2.75) is 113 Å². The molecule has 0 aromatic rings. The van der Waals surface area contributed by atoms with Crippen LogP contribution in [0.15, 0.2) is 0 Å². The van der Waals surface area contributed by atoms with Crippen LogP contribution in [0.1, 0.15) is 77.0 Å². The van der Waals surface area contributed by atoms with Gasteiger partial charge >= 0.3 is 0 Å². The fourth-order valence-electron chi connectivity index (χ4n) is 7.43. The third kappa shape index (κ3) is 6.37. The number of primary amides is 1. The fourth-order valence-corrected chi connectivity index (χ4v) is 7.43. The lowest BCUT2D eigenvalue weighted by Gasteiger charge is -2.47. The van der Waals surface area contributed by atoms with Crippen LogP contribution in [0, 0.1) is 0 Å². The zero-order chi connectivity index (χ0) is 27.8. The SMILES string of the molecule is NC(=O)[C@@H]1CC(=O)N2CCC(CC2)N2CCC[C@H]2C(=O)NC2(CCN(C3CCC(F)(F)CC3)CC2)CC(=O)N1. The quantitative estimate of drug-likeness (QED) is 0.464. The van der Waals surface area contributed by atoms with Crippen LogP contribution in [-0.2, 0) is 19.2 Å². The number of hydrogen-bond acceptors (Lipinski definition) is 6. The standard InChI is InChI=1S/C27H42F2N6O4/c28-27(29)7-3-18(4-8-27)33-14-9-26(10-15-33)17-22(36)31-20(24(30)38)16-23(37)34-12-5-19(6-13-34)35-11-1-2-21(35)25(39)32-26/h18-21H,1-17H2,(H2,30,38)(H,31,36)(H,32,39)/t20-,21-/m0/s1. The highest BCUT2D eigenvalue weighted by Gasteiger charge is 2.45. The van der Waals surface area contributed by atoms with E-state index in [4.69, 9.17) is 5.73 Å². The summed E-state index contributed by atoms with van der Waals surface area (Å²) in [5, 5.41) is 5.94. The summed E-state index contributed by atoms with van der Waals surface area (Å²) in [6.45, 7) is 3.09. The number of halogens is 2. The minimum absolute atomic E-state index is 0.0346. The minimum atomic E-state index is -2.59. The van der Waals surface area contributed by atoms with Gasteiger partial charge in [-0.15, -0.1) is 0 Å². The number of nitrogens with zero attached hydrogens (tertiary/aromatic N) is 3. The van der Waals surface area contributed by atoms with E-state index < -0.39 is 29.3 Å². The average molecular weight is 553 g/mol. The molecule has 5 aliphatic heterocycles. The van der Waals surface area contributed by atoms with E-state index in [-0.39, 0.29) is 55.6 Å². The highest BCUT2D eigenvalue weighted by molar-refractivity contribution is 5.92. The predicted molar refractivity (Wildman–Crippen MR) is 139 cm³/mol. The van der Waals surface area contributed by atoms with E-state index >= 15 is 0 Å². The summed E-state index contributed by atoms with van der Waals surface area (Å²) in [5.41, 5.74) is 4.74. The lowest BCUT2D eigenvalue weighted by atomic mass is 9.81. The molecule has 4 amide bonds. The van der Waals surface area contributed by atoms with Crippen molar-refractivity contribution in [1.82, 2.24) is 25.3 Å². The van der Waals surface area contributed by atoms with E-state index in [1.54, 1.807) is 4.90 Å². The average Bonchev–Trinajstić information content (AvgIpc) is 3.39. The number of rotatable bonds is 2. The van der Waals surface area contributed by atoms with Gasteiger partial charge in [0.1, 0.15) is 6.04 Å². The molecule has 0 aromatic heterocycles. The number of hydrogen-bond donors (Lipinski definition) is 3. The molecule has 5 saturated heterocycles. The summed E-state index contributed by atoms with van der Waals surface area (Å²) in [7, 11) is 0. The number of fused-ring (bicyclic) bond motifs is 8. The third-order valence-corrected chi connectivity index (χ3v) is 9.79. The molecule has 12 heteroatoms. The molecule has 0 unspecified atom stereocenters. The van der Waals surface area contributed by atoms with E-state index in [1.165, 1.54) is 0 Å². The molecule has 1 saturated carbocycles. The Morgan fingerprint density at radius 2 is 1.54 bits per heavy atom. The Kier molecular flexibility index (Phi) is 8.15. The van der Waals surface area contributed by atoms with E-state index in [0.29, 0.717) is 51.9 Å². The molecule has 6 fully saturated rings. The van der Waals surface area contributed by atoms with Gasteiger partial charge in [-0.2, -0.15) is 0 Å². The van der Waals surface area contributed by atoms with Crippen molar-refractivity contribution >= 4 is 23.6 Å². The summed E-state index contributed by atoms with van der Waals surface area (Å²) >= 11 is 0.